The summed E-state index contributed by atoms with van der Waals surface area (Å²) in [7, 11) is 0. The molecule has 4 heteroatoms. The molecule has 1 N–H and O–H groups in total. The van der Waals surface area contributed by atoms with Crippen molar-refractivity contribution in [2.24, 2.45) is 5.41 Å². The van der Waals surface area contributed by atoms with E-state index in [1.54, 1.807) is 0 Å². The number of hydrogen-bond donors (Lipinski definition) is 1. The van der Waals surface area contributed by atoms with Crippen molar-refractivity contribution in [3.8, 4) is 0 Å². The van der Waals surface area contributed by atoms with Gasteiger partial charge in [-0.1, -0.05) is 20.3 Å². The van der Waals surface area contributed by atoms with E-state index in [2.05, 4.69) is 24.1 Å². The Morgan fingerprint density at radius 1 is 1.59 bits per heavy atom. The predicted octanol–water partition coefficient (Wildman–Crippen LogP) is 2.53. The van der Waals surface area contributed by atoms with Gasteiger partial charge in [-0.25, -0.2) is 4.39 Å². The molecule has 1 aromatic rings. The lowest BCUT2D eigenvalue weighted by molar-refractivity contribution is 0.0905. The lowest BCUT2D eigenvalue weighted by Gasteiger charge is -2.27. The van der Waals surface area contributed by atoms with Crippen molar-refractivity contribution in [1.82, 2.24) is 10.3 Å². The van der Waals surface area contributed by atoms with Gasteiger partial charge in [0, 0.05) is 12.2 Å². The van der Waals surface area contributed by atoms with Crippen LogP contribution in [0.2, 0.25) is 0 Å². The van der Waals surface area contributed by atoms with E-state index in [9.17, 15) is 9.18 Å². The van der Waals surface area contributed by atoms with Gasteiger partial charge in [-0.15, -0.1) is 0 Å². The smallest absolute Gasteiger partial charge is 0.254 e. The van der Waals surface area contributed by atoms with Crippen molar-refractivity contribution < 1.29 is 9.18 Å². The fourth-order valence-electron chi connectivity index (χ4n) is 2.39. The molecule has 1 heterocycles. The van der Waals surface area contributed by atoms with Crippen molar-refractivity contribution in [2.45, 2.75) is 39.2 Å². The first-order valence-corrected chi connectivity index (χ1v) is 5.91. The summed E-state index contributed by atoms with van der Waals surface area (Å²) in [6, 6.07) is 1.54. The second-order valence-electron chi connectivity index (χ2n) is 5.26. The Morgan fingerprint density at radius 3 is 2.94 bits per heavy atom. The third-order valence-electron chi connectivity index (χ3n) is 3.58. The molecule has 1 aliphatic rings. The summed E-state index contributed by atoms with van der Waals surface area (Å²) in [5.41, 5.74) is 0.168. The Labute approximate surface area is 100 Å². The van der Waals surface area contributed by atoms with Crippen LogP contribution >= 0.6 is 0 Å². The van der Waals surface area contributed by atoms with E-state index in [-0.39, 0.29) is 22.9 Å². The van der Waals surface area contributed by atoms with E-state index in [1.165, 1.54) is 12.3 Å². The van der Waals surface area contributed by atoms with Gasteiger partial charge in [0.1, 0.15) is 0 Å². The van der Waals surface area contributed by atoms with E-state index in [0.29, 0.717) is 0 Å². The quantitative estimate of drug-likeness (QED) is 0.857. The Balaban J connectivity index is 2.10. The number of rotatable bonds is 2. The molecule has 2 rings (SSSR count). The van der Waals surface area contributed by atoms with Crippen LogP contribution in [0.5, 0.6) is 0 Å². The van der Waals surface area contributed by atoms with Gasteiger partial charge in [0.05, 0.1) is 11.8 Å². The van der Waals surface area contributed by atoms with Crippen molar-refractivity contribution in [2.75, 3.05) is 0 Å². The molecule has 3 nitrogen and oxygen atoms in total. The molecular formula is C13H17FN2O. The topological polar surface area (TPSA) is 42.0 Å². The average molecular weight is 236 g/mol. The first kappa shape index (κ1) is 12.0. The molecule has 1 unspecified atom stereocenters. The minimum Gasteiger partial charge on any atom is -0.349 e. The van der Waals surface area contributed by atoms with Crippen LogP contribution in [0.25, 0.3) is 0 Å². The predicted molar refractivity (Wildman–Crippen MR) is 63.1 cm³/mol. The Bertz CT molecular complexity index is 431. The van der Waals surface area contributed by atoms with Crippen LogP contribution in [0.3, 0.4) is 0 Å². The molecule has 0 radical (unpaired) electrons. The molecular weight excluding hydrogens is 219 g/mol. The summed E-state index contributed by atoms with van der Waals surface area (Å²) < 4.78 is 13.4. The number of carbonyl (C=O) groups is 1. The molecule has 0 aromatic carbocycles. The molecule has 0 bridgehead atoms. The third kappa shape index (κ3) is 2.46. The Hall–Kier alpha value is -1.45. The van der Waals surface area contributed by atoms with E-state index in [1.807, 2.05) is 0 Å². The van der Waals surface area contributed by atoms with Gasteiger partial charge in [-0.05, 0) is 24.3 Å². The third-order valence-corrected chi connectivity index (χ3v) is 3.58. The van der Waals surface area contributed by atoms with Crippen LogP contribution in [0.1, 0.15) is 43.5 Å². The number of aromatic nitrogens is 1. The second-order valence-corrected chi connectivity index (χ2v) is 5.26. The maximum absolute atomic E-state index is 13.4. The van der Waals surface area contributed by atoms with Crippen molar-refractivity contribution in [3.05, 3.63) is 29.8 Å². The maximum atomic E-state index is 13.4. The zero-order chi connectivity index (χ0) is 12.5. The highest BCUT2D eigenvalue weighted by atomic mass is 19.1. The molecule has 1 saturated carbocycles. The molecule has 1 aliphatic carbocycles. The molecule has 1 fully saturated rings. The largest absolute Gasteiger partial charge is 0.349 e. The number of nitrogens with zero attached hydrogens (tertiary/aromatic N) is 1. The highest BCUT2D eigenvalue weighted by molar-refractivity contribution is 5.94. The van der Waals surface area contributed by atoms with E-state index >= 15 is 0 Å². The summed E-state index contributed by atoms with van der Waals surface area (Å²) >= 11 is 0. The van der Waals surface area contributed by atoms with Gasteiger partial charge in [-0.3, -0.25) is 9.78 Å². The molecule has 1 aromatic heterocycles. The Kier molecular flexibility index (Phi) is 3.13. The standard InChI is InChI=1S/C13H17FN2O/c1-13(2)6-3-4-11(13)16-12(17)9-5-7-15-8-10(9)14/h5,7-8,11H,3-4,6H2,1-2H3,(H,16,17). The van der Waals surface area contributed by atoms with Crippen LogP contribution < -0.4 is 5.32 Å². The molecule has 92 valence electrons. The second kappa shape index (κ2) is 4.43. The minimum atomic E-state index is -0.569. The number of amides is 1. The van der Waals surface area contributed by atoms with Crippen molar-refractivity contribution in [1.29, 1.82) is 0 Å². The highest BCUT2D eigenvalue weighted by Crippen LogP contribution is 2.37. The normalized spacial score (nSPS) is 22.4. The molecule has 0 spiro atoms. The van der Waals surface area contributed by atoms with E-state index in [4.69, 9.17) is 0 Å². The summed E-state index contributed by atoms with van der Waals surface area (Å²) in [6.45, 7) is 4.27. The van der Waals surface area contributed by atoms with Gasteiger partial charge in [-0.2, -0.15) is 0 Å². The average Bonchev–Trinajstić information content (AvgIpc) is 2.59. The molecule has 0 aliphatic heterocycles. The zero-order valence-electron chi connectivity index (χ0n) is 10.2. The lowest BCUT2D eigenvalue weighted by Crippen LogP contribution is -2.41. The fraction of sp³-hybridized carbons (Fsp3) is 0.538. The van der Waals surface area contributed by atoms with Crippen LogP contribution in [0, 0.1) is 11.2 Å². The van der Waals surface area contributed by atoms with Gasteiger partial charge in [0.2, 0.25) is 0 Å². The molecule has 17 heavy (non-hydrogen) atoms. The highest BCUT2D eigenvalue weighted by Gasteiger charge is 2.35. The maximum Gasteiger partial charge on any atom is 0.254 e. The summed E-state index contributed by atoms with van der Waals surface area (Å²) in [6.07, 6.45) is 5.66. The fourth-order valence-corrected chi connectivity index (χ4v) is 2.39. The van der Waals surface area contributed by atoms with Crippen LogP contribution in [-0.4, -0.2) is 16.9 Å². The zero-order valence-corrected chi connectivity index (χ0v) is 10.2. The van der Waals surface area contributed by atoms with Crippen LogP contribution in [0.4, 0.5) is 4.39 Å². The summed E-state index contributed by atoms with van der Waals surface area (Å²) in [5.74, 6) is -0.911. The van der Waals surface area contributed by atoms with Gasteiger partial charge in [0.25, 0.3) is 5.91 Å². The molecule has 0 saturated heterocycles. The van der Waals surface area contributed by atoms with E-state index in [0.717, 1.165) is 25.5 Å². The van der Waals surface area contributed by atoms with Crippen molar-refractivity contribution in [3.63, 3.8) is 0 Å². The first-order chi connectivity index (χ1) is 8.00. The number of pyridine rings is 1. The minimum absolute atomic E-state index is 0.0719. The summed E-state index contributed by atoms with van der Waals surface area (Å²) in [4.78, 5) is 15.6. The van der Waals surface area contributed by atoms with Gasteiger partial charge < -0.3 is 5.32 Å². The molecule has 1 atom stereocenters. The number of halogens is 1. The SMILES string of the molecule is CC1(C)CCCC1NC(=O)c1ccncc1F. The van der Waals surface area contributed by atoms with Crippen LogP contribution in [0.15, 0.2) is 18.5 Å². The monoisotopic (exact) mass is 236 g/mol. The van der Waals surface area contributed by atoms with Crippen LogP contribution in [-0.2, 0) is 0 Å². The number of carbonyl (C=O) groups excluding carboxylic acids is 1. The Morgan fingerprint density at radius 2 is 2.35 bits per heavy atom. The van der Waals surface area contributed by atoms with Crippen molar-refractivity contribution >= 4 is 5.91 Å². The number of hydrogen-bond acceptors (Lipinski definition) is 2. The number of nitrogens with one attached hydrogen (secondary N) is 1. The van der Waals surface area contributed by atoms with Gasteiger partial charge in [0.15, 0.2) is 5.82 Å². The van der Waals surface area contributed by atoms with E-state index < -0.39 is 5.82 Å². The van der Waals surface area contributed by atoms with Gasteiger partial charge >= 0.3 is 0 Å². The lowest BCUT2D eigenvalue weighted by atomic mass is 9.87. The molecule has 1 amide bonds. The first-order valence-electron chi connectivity index (χ1n) is 5.91. The summed E-state index contributed by atoms with van der Waals surface area (Å²) in [5, 5.41) is 2.92.